The van der Waals surface area contributed by atoms with Crippen LogP contribution in [0.1, 0.15) is 26.3 Å². The van der Waals surface area contributed by atoms with Gasteiger partial charge in [-0.25, -0.2) is 4.79 Å². The second-order valence-corrected chi connectivity index (χ2v) is 7.17. The first-order valence-corrected chi connectivity index (χ1v) is 8.36. The van der Waals surface area contributed by atoms with Crippen LogP contribution >= 0.6 is 0 Å². The largest absolute Gasteiger partial charge is 0.505 e. The van der Waals surface area contributed by atoms with Gasteiger partial charge in [-0.2, -0.15) is 5.10 Å². The summed E-state index contributed by atoms with van der Waals surface area (Å²) in [4.78, 5) is 26.1. The van der Waals surface area contributed by atoms with Crippen LogP contribution < -0.4 is 10.2 Å². The van der Waals surface area contributed by atoms with E-state index in [4.69, 9.17) is 4.74 Å². The Labute approximate surface area is 151 Å². The third kappa shape index (κ3) is 4.14. The molecule has 1 aliphatic rings. The van der Waals surface area contributed by atoms with Crippen LogP contribution in [0.15, 0.2) is 30.6 Å². The highest BCUT2D eigenvalue weighted by Crippen LogP contribution is 2.32. The molecule has 0 spiro atoms. The molecule has 0 fully saturated rings. The molecule has 0 bridgehead atoms. The van der Waals surface area contributed by atoms with Gasteiger partial charge in [-0.05, 0) is 44.9 Å². The summed E-state index contributed by atoms with van der Waals surface area (Å²) in [6, 6.07) is 5.47. The fourth-order valence-electron chi connectivity index (χ4n) is 2.75. The summed E-state index contributed by atoms with van der Waals surface area (Å²) in [5.41, 5.74) is 1.79. The van der Waals surface area contributed by atoms with Crippen molar-refractivity contribution in [2.75, 3.05) is 16.8 Å². The zero-order valence-corrected chi connectivity index (χ0v) is 15.0. The van der Waals surface area contributed by atoms with E-state index in [2.05, 4.69) is 10.4 Å². The summed E-state index contributed by atoms with van der Waals surface area (Å²) < 4.78 is 6.78. The van der Waals surface area contributed by atoms with Crippen LogP contribution in [0.25, 0.3) is 0 Å². The van der Waals surface area contributed by atoms with Crippen molar-refractivity contribution in [3.63, 3.8) is 0 Å². The standard InChI is InChI=1S/C18H22N4O4/c1-18(2,3)26-17(25)22-7-6-12-4-5-13(8-15(12)22)20-16(24)11-21-10-14(23)9-19-21/h4-5,8-10,23H,6-7,11H2,1-3H3,(H,20,24). The molecule has 0 radical (unpaired) electrons. The fourth-order valence-corrected chi connectivity index (χ4v) is 2.75. The number of aromatic nitrogens is 2. The van der Waals surface area contributed by atoms with Gasteiger partial charge in [-0.3, -0.25) is 14.4 Å². The van der Waals surface area contributed by atoms with E-state index in [-0.39, 0.29) is 18.2 Å². The van der Waals surface area contributed by atoms with E-state index in [0.717, 1.165) is 17.7 Å². The van der Waals surface area contributed by atoms with Gasteiger partial charge in [0.15, 0.2) is 5.75 Å². The van der Waals surface area contributed by atoms with Gasteiger partial charge in [0.25, 0.3) is 0 Å². The molecule has 8 heteroatoms. The number of aromatic hydroxyl groups is 1. The van der Waals surface area contributed by atoms with Crippen molar-refractivity contribution in [3.05, 3.63) is 36.2 Å². The summed E-state index contributed by atoms with van der Waals surface area (Å²) >= 11 is 0. The van der Waals surface area contributed by atoms with Crippen molar-refractivity contribution in [1.29, 1.82) is 0 Å². The number of anilines is 2. The monoisotopic (exact) mass is 358 g/mol. The first kappa shape index (κ1) is 17.8. The third-order valence-corrected chi connectivity index (χ3v) is 3.80. The maximum Gasteiger partial charge on any atom is 0.414 e. The summed E-state index contributed by atoms with van der Waals surface area (Å²) in [6.45, 7) is 6.00. The van der Waals surface area contributed by atoms with Crippen molar-refractivity contribution < 1.29 is 19.4 Å². The zero-order valence-electron chi connectivity index (χ0n) is 15.0. The van der Waals surface area contributed by atoms with Gasteiger partial charge in [-0.1, -0.05) is 6.07 Å². The van der Waals surface area contributed by atoms with Crippen LogP contribution in [0.5, 0.6) is 5.75 Å². The van der Waals surface area contributed by atoms with E-state index in [1.807, 2.05) is 26.8 Å². The molecule has 2 heterocycles. The van der Waals surface area contributed by atoms with Gasteiger partial charge in [0.05, 0.1) is 18.1 Å². The molecule has 2 N–H and O–H groups in total. The van der Waals surface area contributed by atoms with E-state index in [9.17, 15) is 14.7 Å². The SMILES string of the molecule is CC(C)(C)OC(=O)N1CCc2ccc(NC(=O)Cn3cc(O)cn3)cc21. The van der Waals surface area contributed by atoms with E-state index >= 15 is 0 Å². The van der Waals surface area contributed by atoms with Crippen LogP contribution in [0.3, 0.4) is 0 Å². The Kier molecular flexibility index (Phi) is 4.58. The first-order chi connectivity index (χ1) is 12.2. The molecule has 0 aliphatic carbocycles. The lowest BCUT2D eigenvalue weighted by molar-refractivity contribution is -0.116. The first-order valence-electron chi connectivity index (χ1n) is 8.36. The smallest absolute Gasteiger partial charge is 0.414 e. The van der Waals surface area contributed by atoms with Crippen LogP contribution in [-0.2, 0) is 22.5 Å². The number of ether oxygens (including phenoxy) is 1. The van der Waals surface area contributed by atoms with Crippen LogP contribution in [0.2, 0.25) is 0 Å². The lowest BCUT2D eigenvalue weighted by Crippen LogP contribution is -2.35. The predicted molar refractivity (Wildman–Crippen MR) is 96.2 cm³/mol. The highest BCUT2D eigenvalue weighted by atomic mass is 16.6. The molecule has 138 valence electrons. The van der Waals surface area contributed by atoms with E-state index in [0.29, 0.717) is 12.2 Å². The number of benzene rings is 1. The number of carbonyl (C=O) groups excluding carboxylic acids is 2. The minimum absolute atomic E-state index is 0.00309. The number of nitrogens with one attached hydrogen (secondary N) is 1. The Balaban J connectivity index is 1.70. The number of amides is 2. The Morgan fingerprint density at radius 1 is 1.35 bits per heavy atom. The topological polar surface area (TPSA) is 96.7 Å². The lowest BCUT2D eigenvalue weighted by Gasteiger charge is -2.25. The predicted octanol–water partition coefficient (Wildman–Crippen LogP) is 2.53. The third-order valence-electron chi connectivity index (χ3n) is 3.80. The molecule has 8 nitrogen and oxygen atoms in total. The average Bonchev–Trinajstić information content (AvgIpc) is 3.11. The number of hydrogen-bond donors (Lipinski definition) is 2. The summed E-state index contributed by atoms with van der Waals surface area (Å²) in [7, 11) is 0. The molecular formula is C18H22N4O4. The van der Waals surface area contributed by atoms with Crippen molar-refractivity contribution in [3.8, 4) is 5.75 Å². The number of nitrogens with zero attached hydrogens (tertiary/aromatic N) is 3. The van der Waals surface area contributed by atoms with Crippen LogP contribution in [-0.4, -0.2) is 39.0 Å². The molecule has 0 atom stereocenters. The highest BCUT2D eigenvalue weighted by Gasteiger charge is 2.29. The quantitative estimate of drug-likeness (QED) is 0.879. The summed E-state index contributed by atoms with van der Waals surface area (Å²) in [5.74, 6) is -0.279. The minimum atomic E-state index is -0.568. The fraction of sp³-hybridized carbons (Fsp3) is 0.389. The molecule has 0 unspecified atom stereocenters. The average molecular weight is 358 g/mol. The van der Waals surface area contributed by atoms with E-state index in [1.165, 1.54) is 17.1 Å². The minimum Gasteiger partial charge on any atom is -0.505 e. The molecular weight excluding hydrogens is 336 g/mol. The Bertz CT molecular complexity index is 838. The molecule has 1 aromatic heterocycles. The Hall–Kier alpha value is -3.03. The molecule has 0 saturated heterocycles. The highest BCUT2D eigenvalue weighted by molar-refractivity contribution is 5.94. The molecule has 0 saturated carbocycles. The molecule has 1 aliphatic heterocycles. The van der Waals surface area contributed by atoms with E-state index in [1.54, 1.807) is 17.0 Å². The number of rotatable bonds is 3. The normalized spacial score (nSPS) is 13.4. The van der Waals surface area contributed by atoms with Crippen molar-refractivity contribution in [2.45, 2.75) is 39.3 Å². The van der Waals surface area contributed by atoms with Crippen molar-refractivity contribution >= 4 is 23.4 Å². The van der Waals surface area contributed by atoms with Crippen LogP contribution in [0, 0.1) is 0 Å². The molecule has 2 amide bonds. The van der Waals surface area contributed by atoms with Gasteiger partial charge >= 0.3 is 6.09 Å². The number of fused-ring (bicyclic) bond motifs is 1. The molecule has 3 rings (SSSR count). The maximum absolute atomic E-state index is 12.4. The van der Waals surface area contributed by atoms with Gasteiger partial charge in [0.1, 0.15) is 12.1 Å². The van der Waals surface area contributed by atoms with Crippen molar-refractivity contribution in [1.82, 2.24) is 9.78 Å². The Morgan fingerprint density at radius 2 is 2.12 bits per heavy atom. The van der Waals surface area contributed by atoms with Gasteiger partial charge in [0, 0.05) is 12.2 Å². The lowest BCUT2D eigenvalue weighted by atomic mass is 10.1. The Morgan fingerprint density at radius 3 is 2.77 bits per heavy atom. The van der Waals surface area contributed by atoms with Gasteiger partial charge < -0.3 is 15.2 Å². The molecule has 2 aromatic rings. The summed E-state index contributed by atoms with van der Waals surface area (Å²) in [5, 5.41) is 15.9. The molecule has 26 heavy (non-hydrogen) atoms. The summed E-state index contributed by atoms with van der Waals surface area (Å²) in [6.07, 6.45) is 2.98. The van der Waals surface area contributed by atoms with Crippen molar-refractivity contribution in [2.24, 2.45) is 0 Å². The maximum atomic E-state index is 12.4. The number of hydrogen-bond acceptors (Lipinski definition) is 5. The van der Waals surface area contributed by atoms with Crippen LogP contribution in [0.4, 0.5) is 16.2 Å². The second-order valence-electron chi connectivity index (χ2n) is 7.17. The number of carbonyl (C=O) groups is 2. The van der Waals surface area contributed by atoms with E-state index < -0.39 is 11.7 Å². The van der Waals surface area contributed by atoms with Gasteiger partial charge in [-0.15, -0.1) is 0 Å². The molecule has 1 aromatic carbocycles. The van der Waals surface area contributed by atoms with Gasteiger partial charge in [0.2, 0.25) is 5.91 Å². The second kappa shape index (κ2) is 6.70. The zero-order chi connectivity index (χ0) is 18.9.